The van der Waals surface area contributed by atoms with Crippen molar-refractivity contribution in [2.24, 2.45) is 0 Å². The lowest BCUT2D eigenvalue weighted by atomic mass is 10.7. The van der Waals surface area contributed by atoms with Crippen molar-refractivity contribution in [2.45, 2.75) is 12.9 Å². The molecule has 0 aromatic carbocycles. The number of hydrogen-bond acceptors (Lipinski definition) is 4. The number of alkyl halides is 4. The SMILES string of the molecule is COCCOCC(F)F.COCCOCC(F)F. The summed E-state index contributed by atoms with van der Waals surface area (Å²) in [5.74, 6) is 0. The molecule has 4 nitrogen and oxygen atoms in total. The van der Waals surface area contributed by atoms with Crippen molar-refractivity contribution in [3.05, 3.63) is 0 Å². The molecule has 0 aromatic heterocycles. The molecule has 0 bridgehead atoms. The van der Waals surface area contributed by atoms with Crippen LogP contribution in [0.1, 0.15) is 0 Å². The maximum atomic E-state index is 11.3. The lowest BCUT2D eigenvalue weighted by Crippen LogP contribution is -2.08. The predicted molar refractivity (Wildman–Crippen MR) is 57.4 cm³/mol. The van der Waals surface area contributed by atoms with E-state index >= 15 is 0 Å². The van der Waals surface area contributed by atoms with Crippen molar-refractivity contribution in [3.63, 3.8) is 0 Å². The number of halogens is 4. The van der Waals surface area contributed by atoms with E-state index in [9.17, 15) is 17.6 Å². The van der Waals surface area contributed by atoms with E-state index in [1.807, 2.05) is 0 Å². The standard InChI is InChI=1S/2C5H10F2O2/c2*1-8-2-3-9-4-5(6)7/h2*5H,2-4H2,1H3. The molecule has 0 aromatic rings. The molecule has 8 heteroatoms. The average molecular weight is 280 g/mol. The smallest absolute Gasteiger partial charge is 0.261 e. The van der Waals surface area contributed by atoms with Gasteiger partial charge in [0.05, 0.1) is 26.4 Å². The third-order valence-corrected chi connectivity index (χ3v) is 1.35. The summed E-state index contributed by atoms with van der Waals surface area (Å²) in [6.45, 7) is 0.216. The van der Waals surface area contributed by atoms with E-state index in [4.69, 9.17) is 0 Å². The van der Waals surface area contributed by atoms with E-state index in [-0.39, 0.29) is 13.2 Å². The molecule has 0 fully saturated rings. The average Bonchev–Trinajstić information content (AvgIpc) is 2.31. The molecule has 0 amide bonds. The Morgan fingerprint density at radius 1 is 0.667 bits per heavy atom. The highest BCUT2D eigenvalue weighted by atomic mass is 19.3. The van der Waals surface area contributed by atoms with Gasteiger partial charge in [-0.2, -0.15) is 0 Å². The molecule has 18 heavy (non-hydrogen) atoms. The minimum atomic E-state index is -2.37. The molecule has 0 heterocycles. The minimum Gasteiger partial charge on any atom is -0.382 e. The van der Waals surface area contributed by atoms with Crippen LogP contribution < -0.4 is 0 Å². The topological polar surface area (TPSA) is 36.9 Å². The molecule has 0 rings (SSSR count). The highest BCUT2D eigenvalue weighted by molar-refractivity contribution is 4.33. The van der Waals surface area contributed by atoms with Crippen molar-refractivity contribution in [2.75, 3.05) is 53.9 Å². The van der Waals surface area contributed by atoms with Crippen LogP contribution in [0.15, 0.2) is 0 Å². The number of methoxy groups -OCH3 is 2. The maximum absolute atomic E-state index is 11.3. The van der Waals surface area contributed by atoms with E-state index in [1.54, 1.807) is 0 Å². The zero-order valence-corrected chi connectivity index (χ0v) is 10.5. The first kappa shape index (κ1) is 19.9. The number of hydrogen-bond donors (Lipinski definition) is 0. The van der Waals surface area contributed by atoms with Gasteiger partial charge in [0, 0.05) is 14.2 Å². The van der Waals surface area contributed by atoms with Crippen LogP contribution in [-0.4, -0.2) is 66.7 Å². The molecule has 0 radical (unpaired) electrons. The molecule has 0 aliphatic heterocycles. The number of rotatable bonds is 10. The van der Waals surface area contributed by atoms with Crippen LogP contribution in [0.4, 0.5) is 17.6 Å². The second kappa shape index (κ2) is 16.6. The first-order valence-corrected chi connectivity index (χ1v) is 5.24. The van der Waals surface area contributed by atoms with Gasteiger partial charge >= 0.3 is 0 Å². The van der Waals surface area contributed by atoms with Gasteiger partial charge in [-0.1, -0.05) is 0 Å². The normalized spacial score (nSPS) is 10.7. The highest BCUT2D eigenvalue weighted by Crippen LogP contribution is 1.91. The van der Waals surface area contributed by atoms with Crippen molar-refractivity contribution in [3.8, 4) is 0 Å². The summed E-state index contributed by atoms with van der Waals surface area (Å²) >= 11 is 0. The van der Waals surface area contributed by atoms with Crippen LogP contribution in [0, 0.1) is 0 Å². The van der Waals surface area contributed by atoms with Gasteiger partial charge < -0.3 is 18.9 Å². The van der Waals surface area contributed by atoms with Crippen molar-refractivity contribution < 1.29 is 36.5 Å². The Bertz CT molecular complexity index is 134. The fraction of sp³-hybridized carbons (Fsp3) is 1.00. The van der Waals surface area contributed by atoms with E-state index in [1.165, 1.54) is 14.2 Å². The second-order valence-corrected chi connectivity index (χ2v) is 2.92. The molecule has 0 saturated heterocycles. The van der Waals surface area contributed by atoms with E-state index in [0.717, 1.165) is 0 Å². The van der Waals surface area contributed by atoms with E-state index < -0.39 is 26.1 Å². The third kappa shape index (κ3) is 24.7. The largest absolute Gasteiger partial charge is 0.382 e. The maximum Gasteiger partial charge on any atom is 0.261 e. The van der Waals surface area contributed by atoms with Crippen molar-refractivity contribution in [1.29, 1.82) is 0 Å². The Labute approximate surface area is 104 Å². The van der Waals surface area contributed by atoms with Crippen LogP contribution in [0.3, 0.4) is 0 Å². The fourth-order valence-corrected chi connectivity index (χ4v) is 0.629. The quantitative estimate of drug-likeness (QED) is 0.452. The minimum absolute atomic E-state index is 0.237. The first-order chi connectivity index (χ1) is 8.54. The predicted octanol–water partition coefficient (Wildman–Crippen LogP) is 1.83. The second-order valence-electron chi connectivity index (χ2n) is 2.92. The van der Waals surface area contributed by atoms with Crippen molar-refractivity contribution >= 4 is 0 Å². The molecular formula is C10H20F4O4. The summed E-state index contributed by atoms with van der Waals surface area (Å²) in [7, 11) is 2.98. The van der Waals surface area contributed by atoms with E-state index in [0.29, 0.717) is 13.2 Å². The molecule has 0 aliphatic rings. The van der Waals surface area contributed by atoms with Gasteiger partial charge in [0.15, 0.2) is 0 Å². The molecule has 0 spiro atoms. The Morgan fingerprint density at radius 3 is 1.22 bits per heavy atom. The summed E-state index contributed by atoms with van der Waals surface area (Å²) < 4.78 is 63.2. The molecule has 0 atom stereocenters. The van der Waals surface area contributed by atoms with Gasteiger partial charge in [0.25, 0.3) is 12.9 Å². The molecule has 0 aliphatic carbocycles. The summed E-state index contributed by atoms with van der Waals surface area (Å²) in [5.41, 5.74) is 0. The Hall–Kier alpha value is -0.440. The van der Waals surface area contributed by atoms with E-state index in [2.05, 4.69) is 18.9 Å². The van der Waals surface area contributed by atoms with Gasteiger partial charge in [0.2, 0.25) is 0 Å². The molecule has 0 N–H and O–H groups in total. The molecule has 0 unspecified atom stereocenters. The van der Waals surface area contributed by atoms with Crippen molar-refractivity contribution in [1.82, 2.24) is 0 Å². The highest BCUT2D eigenvalue weighted by Gasteiger charge is 2.00. The number of ether oxygens (including phenoxy) is 4. The Kier molecular flexibility index (Phi) is 18.3. The van der Waals surface area contributed by atoms with Crippen LogP contribution >= 0.6 is 0 Å². The lowest BCUT2D eigenvalue weighted by Gasteiger charge is -2.00. The van der Waals surface area contributed by atoms with Gasteiger partial charge in [-0.3, -0.25) is 0 Å². The molecular weight excluding hydrogens is 260 g/mol. The van der Waals surface area contributed by atoms with Gasteiger partial charge in [-0.15, -0.1) is 0 Å². The zero-order valence-electron chi connectivity index (χ0n) is 10.5. The van der Waals surface area contributed by atoms with Crippen LogP contribution in [-0.2, 0) is 18.9 Å². The fourth-order valence-electron chi connectivity index (χ4n) is 0.629. The summed E-state index contributed by atoms with van der Waals surface area (Å²) in [6.07, 6.45) is -4.75. The lowest BCUT2D eigenvalue weighted by molar-refractivity contribution is -0.00165. The Balaban J connectivity index is 0. The third-order valence-electron chi connectivity index (χ3n) is 1.35. The summed E-state index contributed by atoms with van der Waals surface area (Å²) in [6, 6.07) is 0. The van der Waals surface area contributed by atoms with Gasteiger partial charge in [0.1, 0.15) is 13.2 Å². The molecule has 112 valence electrons. The zero-order chi connectivity index (χ0) is 14.2. The monoisotopic (exact) mass is 280 g/mol. The van der Waals surface area contributed by atoms with Crippen LogP contribution in [0.5, 0.6) is 0 Å². The first-order valence-electron chi connectivity index (χ1n) is 5.24. The summed E-state index contributed by atoms with van der Waals surface area (Å²) in [5, 5.41) is 0. The van der Waals surface area contributed by atoms with Gasteiger partial charge in [-0.05, 0) is 0 Å². The Morgan fingerprint density at radius 2 is 1.00 bits per heavy atom. The van der Waals surface area contributed by atoms with Crippen LogP contribution in [0.2, 0.25) is 0 Å². The summed E-state index contributed by atoms with van der Waals surface area (Å²) in [4.78, 5) is 0. The van der Waals surface area contributed by atoms with Crippen LogP contribution in [0.25, 0.3) is 0 Å². The van der Waals surface area contributed by atoms with Gasteiger partial charge in [-0.25, -0.2) is 17.6 Å². The molecule has 0 saturated carbocycles.